The summed E-state index contributed by atoms with van der Waals surface area (Å²) in [6.07, 6.45) is 8.25. The van der Waals surface area contributed by atoms with Gasteiger partial charge in [-0.2, -0.15) is 0 Å². The topological polar surface area (TPSA) is 150 Å². The molecule has 3 saturated carbocycles. The Kier molecular flexibility index (Phi) is 8.37. The molecule has 0 aromatic heterocycles. The summed E-state index contributed by atoms with van der Waals surface area (Å²) in [6.45, 7) is 5.79. The van der Waals surface area contributed by atoms with Gasteiger partial charge in [-0.25, -0.2) is 4.79 Å². The quantitative estimate of drug-likeness (QED) is 0.389. The molecule has 38 heavy (non-hydrogen) atoms. The average Bonchev–Trinajstić information content (AvgIpc) is 3.41. The minimum Gasteiger partial charge on any atom is -0.465 e. The molecule has 10 nitrogen and oxygen atoms in total. The van der Waals surface area contributed by atoms with Gasteiger partial charge in [-0.15, -0.1) is 0 Å². The van der Waals surface area contributed by atoms with Crippen molar-refractivity contribution in [2.75, 3.05) is 6.54 Å². The van der Waals surface area contributed by atoms with Crippen molar-refractivity contribution in [2.24, 2.45) is 29.4 Å². The fourth-order valence-corrected chi connectivity index (χ4v) is 7.18. The van der Waals surface area contributed by atoms with Crippen molar-refractivity contribution in [3.63, 3.8) is 0 Å². The largest absolute Gasteiger partial charge is 0.465 e. The molecule has 212 valence electrons. The number of hydrogen-bond donors (Lipinski definition) is 3. The first-order chi connectivity index (χ1) is 17.9. The Balaban J connectivity index is 1.64. The average molecular weight is 533 g/mol. The van der Waals surface area contributed by atoms with E-state index in [2.05, 4.69) is 5.32 Å². The highest BCUT2D eigenvalue weighted by Gasteiger charge is 2.53. The highest BCUT2D eigenvalue weighted by atomic mass is 16.4. The van der Waals surface area contributed by atoms with Gasteiger partial charge in [0.15, 0.2) is 0 Å². The zero-order valence-electron chi connectivity index (χ0n) is 23.0. The van der Waals surface area contributed by atoms with Gasteiger partial charge >= 0.3 is 6.09 Å². The summed E-state index contributed by atoms with van der Waals surface area (Å²) in [6, 6.07) is -2.67. The molecule has 0 aromatic carbocycles. The Morgan fingerprint density at radius 2 is 1.63 bits per heavy atom. The van der Waals surface area contributed by atoms with Crippen molar-refractivity contribution in [3.05, 3.63) is 0 Å². The van der Waals surface area contributed by atoms with Crippen molar-refractivity contribution in [3.8, 4) is 0 Å². The van der Waals surface area contributed by atoms with Gasteiger partial charge in [0, 0.05) is 12.1 Å². The molecule has 1 aliphatic heterocycles. The molecule has 10 heteroatoms. The maximum atomic E-state index is 14.4. The third-order valence-corrected chi connectivity index (χ3v) is 9.14. The predicted octanol–water partition coefficient (Wildman–Crippen LogP) is 2.68. The Bertz CT molecular complexity index is 951. The van der Waals surface area contributed by atoms with E-state index < -0.39 is 47.4 Å². The summed E-state index contributed by atoms with van der Waals surface area (Å²) in [5.74, 6) is -2.38. The molecule has 0 radical (unpaired) electrons. The predicted molar refractivity (Wildman–Crippen MR) is 140 cm³/mol. The molecular formula is C28H44N4O6. The summed E-state index contributed by atoms with van der Waals surface area (Å²) < 4.78 is 0. The van der Waals surface area contributed by atoms with E-state index in [1.165, 1.54) is 4.90 Å². The SMILES string of the molecule is CC(C)(C)N(C(=O)O)[C@H](C(=O)N1CC2CCCC2[C@H]1C(=O)NC(CC1CC1)C(=O)C(N)=O)C1CCCCC1. The smallest absolute Gasteiger partial charge is 0.408 e. The van der Waals surface area contributed by atoms with Crippen molar-refractivity contribution in [1.82, 2.24) is 15.1 Å². The molecule has 4 aliphatic rings. The normalized spacial score (nSPS) is 27.3. The maximum Gasteiger partial charge on any atom is 0.408 e. The number of fused-ring (bicyclic) bond motifs is 1. The molecule has 3 unspecified atom stereocenters. The van der Waals surface area contributed by atoms with Crippen LogP contribution in [-0.4, -0.2) is 74.7 Å². The second-order valence-corrected chi connectivity index (χ2v) is 12.9. The Labute approximate surface area is 225 Å². The number of likely N-dealkylation sites (tertiary alicyclic amines) is 1. The number of Topliss-reactive ketones (excluding diaryl/α,β-unsaturated/α-hetero) is 1. The highest BCUT2D eigenvalue weighted by molar-refractivity contribution is 6.37. The molecule has 1 saturated heterocycles. The first-order valence-electron chi connectivity index (χ1n) is 14.4. The number of carboxylic acid groups (broad SMARTS) is 1. The summed E-state index contributed by atoms with van der Waals surface area (Å²) in [7, 11) is 0. The molecule has 0 aromatic rings. The van der Waals surface area contributed by atoms with Crippen molar-refractivity contribution in [1.29, 1.82) is 0 Å². The Morgan fingerprint density at radius 1 is 0.974 bits per heavy atom. The van der Waals surface area contributed by atoms with Crippen LogP contribution in [0.5, 0.6) is 0 Å². The minimum atomic E-state index is -1.14. The number of nitrogens with one attached hydrogen (secondary N) is 1. The number of hydrogen-bond acceptors (Lipinski definition) is 5. The van der Waals surface area contributed by atoms with Gasteiger partial charge in [0.1, 0.15) is 12.1 Å². The molecule has 1 heterocycles. The zero-order valence-corrected chi connectivity index (χ0v) is 23.0. The standard InChI is InChI=1S/C28H44N4O6/c1-28(2,3)32(27(37)38)21(17-8-5-4-6-9-17)26(36)31-15-18-10-7-11-19(18)22(31)25(35)30-20(14-16-12-13-16)23(33)24(29)34/h16-22H,4-15H2,1-3H3,(H2,29,34)(H,30,35)(H,37,38)/t18?,19?,20?,21-,22-/m0/s1. The fraction of sp³-hybridized carbons (Fsp3) is 0.821. The summed E-state index contributed by atoms with van der Waals surface area (Å²) in [5, 5.41) is 13.1. The van der Waals surface area contributed by atoms with Crippen LogP contribution in [0.1, 0.15) is 91.4 Å². The maximum absolute atomic E-state index is 14.4. The van der Waals surface area contributed by atoms with Crippen LogP contribution in [0.2, 0.25) is 0 Å². The second-order valence-electron chi connectivity index (χ2n) is 12.9. The molecule has 3 aliphatic carbocycles. The molecular weight excluding hydrogens is 488 g/mol. The van der Waals surface area contributed by atoms with E-state index in [0.29, 0.717) is 13.0 Å². The van der Waals surface area contributed by atoms with E-state index in [1.54, 1.807) is 25.7 Å². The molecule has 4 amide bonds. The molecule has 0 spiro atoms. The molecule has 4 N–H and O–H groups in total. The van der Waals surface area contributed by atoms with Gasteiger partial charge in [-0.3, -0.25) is 24.1 Å². The second kappa shape index (κ2) is 11.2. The van der Waals surface area contributed by atoms with Crippen molar-refractivity contribution >= 4 is 29.6 Å². The van der Waals surface area contributed by atoms with E-state index in [1.807, 2.05) is 0 Å². The van der Waals surface area contributed by atoms with Gasteiger partial charge in [0.25, 0.3) is 5.91 Å². The van der Waals surface area contributed by atoms with Gasteiger partial charge < -0.3 is 21.1 Å². The van der Waals surface area contributed by atoms with Crippen molar-refractivity contribution < 1.29 is 29.1 Å². The Morgan fingerprint density at radius 3 is 2.18 bits per heavy atom. The summed E-state index contributed by atoms with van der Waals surface area (Å²) in [4.78, 5) is 67.9. The number of ketones is 1. The van der Waals surface area contributed by atoms with Crippen LogP contribution in [-0.2, 0) is 19.2 Å². The minimum absolute atomic E-state index is 0.0517. The number of rotatable bonds is 9. The first-order valence-corrected chi connectivity index (χ1v) is 14.4. The number of nitrogens with two attached hydrogens (primary N) is 1. The van der Waals surface area contributed by atoms with Gasteiger partial charge in [0.05, 0.1) is 6.04 Å². The van der Waals surface area contributed by atoms with Crippen LogP contribution >= 0.6 is 0 Å². The number of carbonyl (C=O) groups excluding carboxylic acids is 4. The lowest BCUT2D eigenvalue weighted by Gasteiger charge is -2.45. The van der Waals surface area contributed by atoms with E-state index >= 15 is 0 Å². The van der Waals surface area contributed by atoms with Gasteiger partial charge in [-0.1, -0.05) is 38.5 Å². The van der Waals surface area contributed by atoms with Crippen LogP contribution < -0.4 is 11.1 Å². The lowest BCUT2D eigenvalue weighted by Crippen LogP contribution is -2.62. The van der Waals surface area contributed by atoms with Crippen LogP contribution in [0.15, 0.2) is 0 Å². The highest BCUT2D eigenvalue weighted by Crippen LogP contribution is 2.44. The first kappa shape index (κ1) is 28.4. The van der Waals surface area contributed by atoms with Crippen LogP contribution in [0.4, 0.5) is 4.79 Å². The van der Waals surface area contributed by atoms with Crippen LogP contribution in [0.3, 0.4) is 0 Å². The lowest BCUT2D eigenvalue weighted by atomic mass is 9.81. The van der Waals surface area contributed by atoms with Crippen LogP contribution in [0.25, 0.3) is 0 Å². The molecule has 0 bridgehead atoms. The lowest BCUT2D eigenvalue weighted by molar-refractivity contribution is -0.147. The third kappa shape index (κ3) is 5.99. The van der Waals surface area contributed by atoms with Gasteiger partial charge in [-0.05, 0) is 76.5 Å². The van der Waals surface area contributed by atoms with Crippen LogP contribution in [0, 0.1) is 23.7 Å². The van der Waals surface area contributed by atoms with E-state index in [4.69, 9.17) is 5.73 Å². The molecule has 4 fully saturated rings. The number of carbonyl (C=O) groups is 5. The Hall–Kier alpha value is -2.65. The fourth-order valence-electron chi connectivity index (χ4n) is 7.18. The summed E-state index contributed by atoms with van der Waals surface area (Å²) in [5.41, 5.74) is 4.48. The summed E-state index contributed by atoms with van der Waals surface area (Å²) >= 11 is 0. The van der Waals surface area contributed by atoms with Crippen molar-refractivity contribution in [2.45, 2.75) is 115 Å². The monoisotopic (exact) mass is 532 g/mol. The van der Waals surface area contributed by atoms with E-state index in [0.717, 1.165) is 64.2 Å². The molecule has 4 rings (SSSR count). The number of nitrogens with zero attached hydrogens (tertiary/aromatic N) is 2. The molecule has 5 atom stereocenters. The number of primary amides is 1. The third-order valence-electron chi connectivity index (χ3n) is 9.14. The van der Waals surface area contributed by atoms with E-state index in [9.17, 15) is 29.1 Å². The zero-order chi connectivity index (χ0) is 27.8. The van der Waals surface area contributed by atoms with E-state index in [-0.39, 0.29) is 29.6 Å². The number of amides is 4. The van der Waals surface area contributed by atoms with Gasteiger partial charge in [0.2, 0.25) is 17.6 Å².